The third kappa shape index (κ3) is 9.19. The van der Waals surface area contributed by atoms with E-state index < -0.39 is 20.8 Å². The molecule has 4 fully saturated rings. The van der Waals surface area contributed by atoms with Gasteiger partial charge in [0.2, 0.25) is 0 Å². The second-order valence-electron chi connectivity index (χ2n) is 17.6. The van der Waals surface area contributed by atoms with Crippen LogP contribution in [-0.4, -0.2) is 18.0 Å². The number of nitrogens with zero attached hydrogens (tertiary/aromatic N) is 2. The van der Waals surface area contributed by atoms with Crippen LogP contribution in [0.3, 0.4) is 0 Å². The zero-order valence-electron chi connectivity index (χ0n) is 38.0. The standard InChI is InChI=1S/C32H28NS.C21H28NSi.Ir/c1-2-5-23(6-3-1)25-13-14-27-28-7-4-8-29(32(28)34-31(27)20-25)30-19-22(15-16-33-30)18-26-17-21-9-11-24(26)12-10-21;1-23(2,3)21-16-22-20(18-12-8-5-9-13-18)15-19(21)14-17-10-6-4-7-11-17;/h1-7,13-16,19-21,24,26H,9-12,17-18H2;5,8-9,12,15-17H,4,6-7,10-11,14H2,1-3H3;/q2*-1;/i18D2;14D2;. The van der Waals surface area contributed by atoms with Crippen LogP contribution in [0.4, 0.5) is 0 Å². The van der Waals surface area contributed by atoms with Gasteiger partial charge >= 0.3 is 0 Å². The van der Waals surface area contributed by atoms with Gasteiger partial charge < -0.3 is 9.97 Å². The molecule has 4 aromatic carbocycles. The van der Waals surface area contributed by atoms with Gasteiger partial charge in [-0.25, -0.2) is 0 Å². The van der Waals surface area contributed by atoms with E-state index in [0.717, 1.165) is 70.9 Å². The van der Waals surface area contributed by atoms with E-state index in [1.165, 1.54) is 63.4 Å². The minimum absolute atomic E-state index is 0. The third-order valence-electron chi connectivity index (χ3n) is 12.6. The molecule has 1 radical (unpaired) electrons. The summed E-state index contributed by atoms with van der Waals surface area (Å²) in [4.78, 5) is 9.38. The molecule has 4 aliphatic rings. The number of hydrogen-bond acceptors (Lipinski definition) is 3. The molecule has 2 bridgehead atoms. The molecule has 0 N–H and O–H groups in total. The van der Waals surface area contributed by atoms with Crippen LogP contribution in [0.2, 0.25) is 19.6 Å². The van der Waals surface area contributed by atoms with Gasteiger partial charge in [-0.05, 0) is 106 Å². The van der Waals surface area contributed by atoms with Crippen molar-refractivity contribution in [3.8, 4) is 33.6 Å². The number of thiophene rings is 1. The van der Waals surface area contributed by atoms with E-state index in [0.29, 0.717) is 11.8 Å². The van der Waals surface area contributed by atoms with Crippen LogP contribution >= 0.6 is 11.3 Å². The Bertz CT molecular complexity index is 2630. The molecule has 0 spiro atoms. The molecular weight excluding hydrogens is 917 g/mol. The largest absolute Gasteiger partial charge is 0.305 e. The summed E-state index contributed by atoms with van der Waals surface area (Å²) in [6.07, 6.45) is 12.6. The van der Waals surface area contributed by atoms with E-state index >= 15 is 0 Å². The molecular formula is C53H56IrN2SSi-2. The molecule has 58 heavy (non-hydrogen) atoms. The second kappa shape index (κ2) is 18.3. The summed E-state index contributed by atoms with van der Waals surface area (Å²) in [6.45, 7) is 6.83. The van der Waals surface area contributed by atoms with Crippen molar-refractivity contribution in [1.29, 1.82) is 0 Å². The maximum absolute atomic E-state index is 9.16. The normalized spacial score (nSPS) is 20.9. The van der Waals surface area contributed by atoms with Gasteiger partial charge in [0, 0.05) is 42.7 Å². The number of benzene rings is 4. The average molecular weight is 977 g/mol. The number of hydrogen-bond donors (Lipinski definition) is 0. The second-order valence-corrected chi connectivity index (χ2v) is 23.7. The molecule has 2 nitrogen and oxygen atoms in total. The summed E-state index contributed by atoms with van der Waals surface area (Å²) < 4.78 is 38.7. The van der Waals surface area contributed by atoms with E-state index in [2.05, 4.69) is 85.3 Å². The van der Waals surface area contributed by atoms with Crippen molar-refractivity contribution < 1.29 is 25.6 Å². The Balaban J connectivity index is 0.000000180. The van der Waals surface area contributed by atoms with E-state index in [1.54, 1.807) is 17.5 Å². The van der Waals surface area contributed by atoms with Crippen molar-refractivity contribution >= 4 is 44.8 Å². The summed E-state index contributed by atoms with van der Waals surface area (Å²) in [5.41, 5.74) is 7.63. The van der Waals surface area contributed by atoms with Crippen LogP contribution in [0, 0.1) is 35.8 Å². The summed E-state index contributed by atoms with van der Waals surface area (Å²) >= 11 is 1.78. The van der Waals surface area contributed by atoms with Gasteiger partial charge in [-0.1, -0.05) is 136 Å². The first kappa shape index (κ1) is 36.1. The van der Waals surface area contributed by atoms with Crippen molar-refractivity contribution in [2.75, 3.05) is 0 Å². The quantitative estimate of drug-likeness (QED) is 0.112. The molecule has 3 heterocycles. The van der Waals surface area contributed by atoms with Crippen molar-refractivity contribution in [2.24, 2.45) is 23.7 Å². The average Bonchev–Trinajstić information content (AvgIpc) is 3.68. The van der Waals surface area contributed by atoms with Crippen LogP contribution < -0.4 is 5.19 Å². The molecule has 5 heteroatoms. The smallest absolute Gasteiger partial charge is 0.0798 e. The molecule has 7 aromatic rings. The predicted molar refractivity (Wildman–Crippen MR) is 246 cm³/mol. The fraction of sp³-hybridized carbons (Fsp3) is 0.358. The molecule has 0 aliphatic heterocycles. The van der Waals surface area contributed by atoms with E-state index in [1.807, 2.05) is 60.8 Å². The Kier molecular flexibility index (Phi) is 11.4. The zero-order chi connectivity index (χ0) is 42.4. The van der Waals surface area contributed by atoms with Gasteiger partial charge in [-0.3, -0.25) is 0 Å². The van der Waals surface area contributed by atoms with Crippen LogP contribution in [0.1, 0.15) is 80.8 Å². The Labute approximate surface area is 371 Å². The minimum Gasteiger partial charge on any atom is -0.305 e. The van der Waals surface area contributed by atoms with Gasteiger partial charge in [0.1, 0.15) is 0 Å². The first-order valence-corrected chi connectivity index (χ1v) is 25.6. The van der Waals surface area contributed by atoms with Crippen molar-refractivity contribution in [3.63, 3.8) is 0 Å². The van der Waals surface area contributed by atoms with Crippen LogP contribution in [0.25, 0.3) is 53.8 Å². The summed E-state index contributed by atoms with van der Waals surface area (Å²) in [7, 11) is -1.69. The van der Waals surface area contributed by atoms with Gasteiger partial charge in [-0.2, -0.15) is 11.3 Å². The Morgan fingerprint density at radius 2 is 1.53 bits per heavy atom. The van der Waals surface area contributed by atoms with Gasteiger partial charge in [0.05, 0.1) is 8.07 Å². The summed E-state index contributed by atoms with van der Waals surface area (Å²) in [5.74, 6) is 1.45. The first-order valence-electron chi connectivity index (χ1n) is 23.3. The van der Waals surface area contributed by atoms with Crippen molar-refractivity contribution in [3.05, 3.63) is 139 Å². The molecule has 1 atom stereocenters. The van der Waals surface area contributed by atoms with E-state index in [9.17, 15) is 0 Å². The molecule has 3 aromatic heterocycles. The monoisotopic (exact) mass is 977 g/mol. The van der Waals surface area contributed by atoms with Crippen LogP contribution in [0.5, 0.6) is 0 Å². The fourth-order valence-corrected chi connectivity index (χ4v) is 12.2. The van der Waals surface area contributed by atoms with Gasteiger partial charge in [0.25, 0.3) is 0 Å². The molecule has 0 saturated heterocycles. The maximum atomic E-state index is 9.16. The van der Waals surface area contributed by atoms with Crippen molar-refractivity contribution in [1.82, 2.24) is 9.97 Å². The van der Waals surface area contributed by atoms with Crippen LogP contribution in [0.15, 0.2) is 116 Å². The number of fused-ring (bicyclic) bond motifs is 6. The molecule has 11 rings (SSSR count). The van der Waals surface area contributed by atoms with Gasteiger partial charge in [0.15, 0.2) is 0 Å². The van der Waals surface area contributed by atoms with E-state index in [-0.39, 0.29) is 31.9 Å². The minimum atomic E-state index is -1.69. The summed E-state index contributed by atoms with van der Waals surface area (Å²) in [5, 5.41) is 3.61. The van der Waals surface area contributed by atoms with E-state index in [4.69, 9.17) is 10.5 Å². The molecule has 299 valence electrons. The SMILES string of the molecule is [2H]C([2H])(c1cc(-c2[c-]cccc2)ncc1[Si](C)(C)C)C1CCCCC1.[2H]C([2H])(c1ccnc(-c2[c-]ccc3c2sc2cc(-c4ccccc4)ccc23)c1)C1CC2CCC1CC2.[Ir]. The summed E-state index contributed by atoms with van der Waals surface area (Å²) in [6, 6.07) is 41.7. The number of pyridine rings is 2. The van der Waals surface area contributed by atoms with Crippen LogP contribution in [-0.2, 0) is 32.9 Å². The topological polar surface area (TPSA) is 25.8 Å². The Morgan fingerprint density at radius 1 is 0.724 bits per heavy atom. The van der Waals surface area contributed by atoms with Crippen molar-refractivity contribution in [2.45, 2.75) is 96.6 Å². The first-order chi connectivity index (χ1) is 29.4. The molecule has 4 aliphatic carbocycles. The Hall–Kier alpha value is -3.73. The Morgan fingerprint density at radius 3 is 2.28 bits per heavy atom. The molecule has 0 amide bonds. The molecule has 4 saturated carbocycles. The number of rotatable bonds is 8. The predicted octanol–water partition coefficient (Wildman–Crippen LogP) is 14.2. The number of aromatic nitrogens is 2. The van der Waals surface area contributed by atoms with Gasteiger partial charge in [-0.15, -0.1) is 59.7 Å². The zero-order valence-corrected chi connectivity index (χ0v) is 38.2. The maximum Gasteiger partial charge on any atom is 0.0798 e. The molecule has 1 unspecified atom stereocenters. The third-order valence-corrected chi connectivity index (χ3v) is 15.8. The fourth-order valence-electron chi connectivity index (χ4n) is 9.51.